The van der Waals surface area contributed by atoms with Gasteiger partial charge >= 0.3 is 0 Å². The lowest BCUT2D eigenvalue weighted by atomic mass is 9.63. The molecule has 6 atom stereocenters. The molecule has 0 aromatic carbocycles. The summed E-state index contributed by atoms with van der Waals surface area (Å²) in [5, 5.41) is 0.486. The summed E-state index contributed by atoms with van der Waals surface area (Å²) in [5.41, 5.74) is 0. The molecule has 2 bridgehead atoms. The summed E-state index contributed by atoms with van der Waals surface area (Å²) < 4.78 is 0. The van der Waals surface area contributed by atoms with E-state index in [2.05, 4.69) is 17.1 Å². The number of aromatic nitrogens is 1. The van der Waals surface area contributed by atoms with E-state index in [0.29, 0.717) is 22.7 Å². The van der Waals surface area contributed by atoms with Crippen LogP contribution < -0.4 is 4.90 Å². The van der Waals surface area contributed by atoms with Crippen LogP contribution in [-0.2, 0) is 9.59 Å². The molecule has 2 amide bonds. The van der Waals surface area contributed by atoms with Gasteiger partial charge in [0.1, 0.15) is 5.82 Å². The van der Waals surface area contributed by atoms with Crippen LogP contribution in [0, 0.1) is 35.5 Å². The van der Waals surface area contributed by atoms with E-state index in [1.165, 1.54) is 17.5 Å². The van der Waals surface area contributed by atoms with Crippen LogP contribution in [0.25, 0.3) is 0 Å². The van der Waals surface area contributed by atoms with Gasteiger partial charge in [-0.1, -0.05) is 23.8 Å². The van der Waals surface area contributed by atoms with Gasteiger partial charge in [0.25, 0.3) is 0 Å². The number of hydrogen-bond acceptors (Lipinski definition) is 3. The third-order valence-corrected chi connectivity index (χ3v) is 5.83. The third-order valence-electron chi connectivity index (χ3n) is 5.60. The molecule has 1 aliphatic heterocycles. The van der Waals surface area contributed by atoms with Crippen LogP contribution in [0.15, 0.2) is 30.5 Å². The summed E-state index contributed by atoms with van der Waals surface area (Å²) in [6.45, 7) is 0. The van der Waals surface area contributed by atoms with E-state index >= 15 is 0 Å². The predicted molar refractivity (Wildman–Crippen MR) is 76.4 cm³/mol. The van der Waals surface area contributed by atoms with Gasteiger partial charge in [-0.05, 0) is 36.2 Å². The Morgan fingerprint density at radius 3 is 2.29 bits per heavy atom. The van der Waals surface area contributed by atoms with Crippen LogP contribution in [-0.4, -0.2) is 16.8 Å². The summed E-state index contributed by atoms with van der Waals surface area (Å²) >= 11 is 5.97. The summed E-state index contributed by atoms with van der Waals surface area (Å²) in [6, 6.07) is 3.23. The van der Waals surface area contributed by atoms with Gasteiger partial charge in [-0.2, -0.15) is 0 Å². The molecule has 106 valence electrons. The van der Waals surface area contributed by atoms with E-state index in [4.69, 9.17) is 11.6 Å². The summed E-state index contributed by atoms with van der Waals surface area (Å²) in [4.78, 5) is 31.0. The smallest absolute Gasteiger partial charge is 0.239 e. The lowest BCUT2D eigenvalue weighted by Crippen LogP contribution is -2.40. The van der Waals surface area contributed by atoms with Crippen molar-refractivity contribution < 1.29 is 9.59 Å². The van der Waals surface area contributed by atoms with Crippen molar-refractivity contribution in [2.45, 2.75) is 6.42 Å². The van der Waals surface area contributed by atoms with E-state index in [0.717, 1.165) is 0 Å². The Hall–Kier alpha value is -1.68. The van der Waals surface area contributed by atoms with E-state index < -0.39 is 0 Å². The van der Waals surface area contributed by atoms with Crippen molar-refractivity contribution in [1.82, 2.24) is 4.98 Å². The molecule has 6 rings (SSSR count). The molecule has 1 saturated heterocycles. The second-order valence-corrected chi connectivity index (χ2v) is 6.94. The minimum Gasteiger partial charge on any atom is -0.274 e. The lowest BCUT2D eigenvalue weighted by molar-refractivity contribution is -0.124. The highest BCUT2D eigenvalue weighted by molar-refractivity contribution is 6.31. The molecule has 0 N–H and O–H groups in total. The van der Waals surface area contributed by atoms with Crippen molar-refractivity contribution in [2.75, 3.05) is 4.90 Å². The second-order valence-electron chi connectivity index (χ2n) is 6.50. The van der Waals surface area contributed by atoms with Crippen molar-refractivity contribution in [3.8, 4) is 0 Å². The van der Waals surface area contributed by atoms with Crippen LogP contribution in [0.2, 0.25) is 5.02 Å². The molecular weight excluding hydrogens is 288 g/mol. The average molecular weight is 301 g/mol. The highest BCUT2D eigenvalue weighted by Crippen LogP contribution is 2.65. The van der Waals surface area contributed by atoms with Crippen molar-refractivity contribution >= 4 is 29.2 Å². The number of anilines is 1. The molecule has 1 aromatic rings. The maximum absolute atomic E-state index is 12.8. The zero-order valence-electron chi connectivity index (χ0n) is 11.1. The molecule has 0 unspecified atom stereocenters. The van der Waals surface area contributed by atoms with E-state index in [1.54, 1.807) is 12.1 Å². The summed E-state index contributed by atoms with van der Waals surface area (Å²) in [6.07, 6.45) is 7.04. The number of pyridine rings is 1. The number of amides is 2. The van der Waals surface area contributed by atoms with Gasteiger partial charge in [0.05, 0.1) is 11.8 Å². The first-order chi connectivity index (χ1) is 10.2. The number of halogens is 1. The number of rotatable bonds is 1. The molecule has 4 nitrogen and oxygen atoms in total. The zero-order chi connectivity index (χ0) is 14.3. The largest absolute Gasteiger partial charge is 0.274 e. The fourth-order valence-corrected chi connectivity index (χ4v) is 4.85. The number of imide groups is 1. The zero-order valence-corrected chi connectivity index (χ0v) is 11.9. The normalized spacial score (nSPS) is 42.2. The first kappa shape index (κ1) is 11.9. The van der Waals surface area contributed by atoms with Gasteiger partial charge < -0.3 is 0 Å². The van der Waals surface area contributed by atoms with Gasteiger partial charge in [-0.3, -0.25) is 9.59 Å². The predicted octanol–water partition coefficient (Wildman–Crippen LogP) is 2.29. The Labute approximate surface area is 126 Å². The van der Waals surface area contributed by atoms with Crippen LogP contribution in [0.1, 0.15) is 6.42 Å². The Balaban J connectivity index is 1.60. The van der Waals surface area contributed by atoms with Crippen LogP contribution in [0.5, 0.6) is 0 Å². The molecule has 5 aliphatic rings. The first-order valence-electron chi connectivity index (χ1n) is 7.34. The third kappa shape index (κ3) is 1.39. The highest BCUT2D eigenvalue weighted by atomic mass is 35.5. The maximum Gasteiger partial charge on any atom is 0.239 e. The standard InChI is InChI=1S/C16H13ClN2O2/c17-7-3-4-18-12(5-7)19-15(20)13-8-1-2-9(11-6-10(8)11)14(13)16(19)21/h1-5,8-11,13-14H,6H2/t8-,9+,10-,11-,13+,14-/m1/s1. The fraction of sp³-hybridized carbons (Fsp3) is 0.438. The van der Waals surface area contributed by atoms with Gasteiger partial charge in [-0.25, -0.2) is 9.88 Å². The Morgan fingerprint density at radius 1 is 1.10 bits per heavy atom. The molecule has 0 spiro atoms. The van der Waals surface area contributed by atoms with Gasteiger partial charge in [0.15, 0.2) is 0 Å². The van der Waals surface area contributed by atoms with Crippen LogP contribution in [0.4, 0.5) is 5.82 Å². The molecule has 1 aromatic heterocycles. The molecule has 2 heterocycles. The van der Waals surface area contributed by atoms with Gasteiger partial charge in [0, 0.05) is 17.3 Å². The van der Waals surface area contributed by atoms with Gasteiger partial charge in [-0.15, -0.1) is 0 Å². The number of carbonyl (C=O) groups is 2. The van der Waals surface area contributed by atoms with Crippen molar-refractivity contribution in [2.24, 2.45) is 35.5 Å². The van der Waals surface area contributed by atoms with Gasteiger partial charge in [0.2, 0.25) is 11.8 Å². The lowest BCUT2D eigenvalue weighted by Gasteiger charge is -2.37. The Bertz CT molecular complexity index is 680. The molecule has 21 heavy (non-hydrogen) atoms. The fourth-order valence-electron chi connectivity index (χ4n) is 4.70. The topological polar surface area (TPSA) is 50.3 Å². The van der Waals surface area contributed by atoms with Crippen LogP contribution in [0.3, 0.4) is 0 Å². The molecule has 5 heteroatoms. The van der Waals surface area contributed by atoms with E-state index in [1.807, 2.05) is 0 Å². The Kier molecular flexibility index (Phi) is 2.12. The SMILES string of the molecule is O=C1[C@@H]2[C@H]3C=C[C@H]([C@H]4C[C@H]34)[C@@H]2C(=O)N1c1cc(Cl)ccn1. The molecule has 3 fully saturated rings. The highest BCUT2D eigenvalue weighted by Gasteiger charge is 2.67. The minimum atomic E-state index is -0.183. The summed E-state index contributed by atoms with van der Waals surface area (Å²) in [5.74, 6) is 1.52. The monoisotopic (exact) mass is 300 g/mol. The minimum absolute atomic E-state index is 0.0931. The Morgan fingerprint density at radius 2 is 1.71 bits per heavy atom. The summed E-state index contributed by atoms with van der Waals surface area (Å²) in [7, 11) is 0. The molecule has 2 saturated carbocycles. The molecular formula is C16H13ClN2O2. The number of carbonyl (C=O) groups excluding carboxylic acids is 2. The number of allylic oxidation sites excluding steroid dienone is 2. The molecule has 4 aliphatic carbocycles. The van der Waals surface area contributed by atoms with E-state index in [-0.39, 0.29) is 35.5 Å². The first-order valence-corrected chi connectivity index (χ1v) is 7.72. The molecule has 0 radical (unpaired) electrons. The quantitative estimate of drug-likeness (QED) is 0.590. The number of hydrogen-bond donors (Lipinski definition) is 0. The van der Waals surface area contributed by atoms with Crippen LogP contribution >= 0.6 is 11.6 Å². The average Bonchev–Trinajstić information content (AvgIpc) is 3.24. The van der Waals surface area contributed by atoms with E-state index in [9.17, 15) is 9.59 Å². The second kappa shape index (κ2) is 3.74. The van der Waals surface area contributed by atoms with Crippen molar-refractivity contribution in [3.05, 3.63) is 35.5 Å². The number of nitrogens with zero attached hydrogens (tertiary/aromatic N) is 2. The maximum atomic E-state index is 12.8. The van der Waals surface area contributed by atoms with Crippen molar-refractivity contribution in [3.63, 3.8) is 0 Å². The van der Waals surface area contributed by atoms with Crippen molar-refractivity contribution in [1.29, 1.82) is 0 Å².